The average Bonchev–Trinajstić information content (AvgIpc) is 2.67. The second-order valence-corrected chi connectivity index (χ2v) is 5.27. The van der Waals surface area contributed by atoms with Gasteiger partial charge in [-0.15, -0.1) is 0 Å². The Labute approximate surface area is 144 Å². The third kappa shape index (κ3) is 4.26. The van der Waals surface area contributed by atoms with Gasteiger partial charge in [0.15, 0.2) is 0 Å². The molecule has 2 N–H and O–H groups in total. The van der Waals surface area contributed by atoms with Crippen LogP contribution >= 0.6 is 0 Å². The van der Waals surface area contributed by atoms with Crippen molar-refractivity contribution < 1.29 is 9.59 Å². The maximum atomic E-state index is 11.8. The third-order valence-electron chi connectivity index (χ3n) is 3.56. The molecule has 0 atom stereocenters. The summed E-state index contributed by atoms with van der Waals surface area (Å²) in [6.07, 6.45) is 3.14. The lowest BCUT2D eigenvalue weighted by Gasteiger charge is -2.04. The molecule has 3 aromatic rings. The quantitative estimate of drug-likeness (QED) is 0.435. The van der Waals surface area contributed by atoms with Crippen LogP contribution in [0.15, 0.2) is 72.0 Å². The number of nitrogens with zero attached hydrogens (tertiary/aromatic N) is 2. The lowest BCUT2D eigenvalue weighted by atomic mass is 10.1. The fourth-order valence-corrected chi connectivity index (χ4v) is 2.33. The monoisotopic (exact) mass is 332 g/mol. The number of benzene rings is 2. The van der Waals surface area contributed by atoms with E-state index in [1.165, 1.54) is 6.21 Å². The van der Waals surface area contributed by atoms with Crippen molar-refractivity contribution in [3.63, 3.8) is 0 Å². The van der Waals surface area contributed by atoms with Crippen LogP contribution in [-0.4, -0.2) is 23.0 Å². The van der Waals surface area contributed by atoms with Crippen molar-refractivity contribution in [1.82, 2.24) is 15.7 Å². The molecule has 124 valence electrons. The molecule has 0 unspecified atom stereocenters. The maximum Gasteiger partial charge on any atom is 0.329 e. The van der Waals surface area contributed by atoms with Gasteiger partial charge in [0, 0.05) is 11.8 Å². The first-order valence-corrected chi connectivity index (χ1v) is 7.73. The maximum absolute atomic E-state index is 11.8. The van der Waals surface area contributed by atoms with Gasteiger partial charge in [0.05, 0.1) is 18.5 Å². The standard InChI is InChI=1S/C19H16N4O2/c24-18(21-13-16-9-3-4-11-20-16)19(25)23-22-12-15-8-5-7-14-6-1-2-10-17(14)15/h1-12H,13H2,(H,21,24)(H,23,25). The van der Waals surface area contributed by atoms with Crippen LogP contribution < -0.4 is 10.7 Å². The van der Waals surface area contributed by atoms with Crippen LogP contribution in [0.3, 0.4) is 0 Å². The number of amides is 2. The number of nitrogens with one attached hydrogen (secondary N) is 2. The number of carbonyl (C=O) groups is 2. The van der Waals surface area contributed by atoms with Crippen molar-refractivity contribution in [2.45, 2.75) is 6.54 Å². The van der Waals surface area contributed by atoms with Crippen LogP contribution in [0, 0.1) is 0 Å². The summed E-state index contributed by atoms with van der Waals surface area (Å²) in [6.45, 7) is 0.181. The van der Waals surface area contributed by atoms with Gasteiger partial charge in [-0.05, 0) is 22.9 Å². The van der Waals surface area contributed by atoms with E-state index in [4.69, 9.17) is 0 Å². The summed E-state index contributed by atoms with van der Waals surface area (Å²) in [4.78, 5) is 27.6. The molecule has 0 saturated heterocycles. The summed E-state index contributed by atoms with van der Waals surface area (Å²) in [5.74, 6) is -1.59. The number of hydrazone groups is 1. The molecule has 25 heavy (non-hydrogen) atoms. The summed E-state index contributed by atoms with van der Waals surface area (Å²) in [6, 6.07) is 19.0. The number of carbonyl (C=O) groups excluding carboxylic acids is 2. The fourth-order valence-electron chi connectivity index (χ4n) is 2.33. The topological polar surface area (TPSA) is 83.5 Å². The SMILES string of the molecule is O=C(NCc1ccccn1)C(=O)NN=Cc1cccc2ccccc12. The molecule has 0 aliphatic carbocycles. The average molecular weight is 332 g/mol. The molecule has 3 rings (SSSR count). The first-order valence-electron chi connectivity index (χ1n) is 7.73. The smallest absolute Gasteiger partial charge is 0.329 e. The molecule has 0 aliphatic heterocycles. The number of fused-ring (bicyclic) bond motifs is 1. The molecule has 1 aromatic heterocycles. The number of pyridine rings is 1. The second kappa shape index (κ2) is 7.83. The van der Waals surface area contributed by atoms with E-state index in [-0.39, 0.29) is 6.54 Å². The van der Waals surface area contributed by atoms with Crippen molar-refractivity contribution in [3.05, 3.63) is 78.1 Å². The molecule has 2 aromatic carbocycles. The van der Waals surface area contributed by atoms with Gasteiger partial charge in [-0.1, -0.05) is 48.5 Å². The van der Waals surface area contributed by atoms with E-state index < -0.39 is 11.8 Å². The van der Waals surface area contributed by atoms with Crippen LogP contribution in [-0.2, 0) is 16.1 Å². The van der Waals surface area contributed by atoms with Gasteiger partial charge < -0.3 is 5.32 Å². The van der Waals surface area contributed by atoms with Crippen LogP contribution in [0.2, 0.25) is 0 Å². The lowest BCUT2D eigenvalue weighted by Crippen LogP contribution is -2.37. The van der Waals surface area contributed by atoms with E-state index in [2.05, 4.69) is 20.8 Å². The molecule has 0 aliphatic rings. The van der Waals surface area contributed by atoms with Crippen molar-refractivity contribution >= 4 is 28.8 Å². The third-order valence-corrected chi connectivity index (χ3v) is 3.56. The molecule has 6 heteroatoms. The van der Waals surface area contributed by atoms with Gasteiger partial charge in [-0.2, -0.15) is 5.10 Å². The Bertz CT molecular complexity index is 918. The predicted octanol–water partition coefficient (Wildman–Crippen LogP) is 2.00. The van der Waals surface area contributed by atoms with Crippen LogP contribution in [0.5, 0.6) is 0 Å². The highest BCUT2D eigenvalue weighted by atomic mass is 16.2. The van der Waals surface area contributed by atoms with Gasteiger partial charge in [0.1, 0.15) is 0 Å². The van der Waals surface area contributed by atoms with Gasteiger partial charge in [0.25, 0.3) is 0 Å². The van der Waals surface area contributed by atoms with E-state index in [0.717, 1.165) is 16.3 Å². The van der Waals surface area contributed by atoms with Gasteiger partial charge >= 0.3 is 11.8 Å². The molecule has 6 nitrogen and oxygen atoms in total. The minimum atomic E-state index is -0.826. The molecular weight excluding hydrogens is 316 g/mol. The van der Waals surface area contributed by atoms with E-state index in [9.17, 15) is 9.59 Å². The highest BCUT2D eigenvalue weighted by molar-refractivity contribution is 6.35. The Morgan fingerprint density at radius 3 is 2.60 bits per heavy atom. The minimum absolute atomic E-state index is 0.181. The van der Waals surface area contributed by atoms with Crippen molar-refractivity contribution in [1.29, 1.82) is 0 Å². The van der Waals surface area contributed by atoms with Gasteiger partial charge in [0.2, 0.25) is 0 Å². The van der Waals surface area contributed by atoms with E-state index >= 15 is 0 Å². The Kier molecular flexibility index (Phi) is 5.11. The lowest BCUT2D eigenvalue weighted by molar-refractivity contribution is -0.139. The highest BCUT2D eigenvalue weighted by Crippen LogP contribution is 2.16. The van der Waals surface area contributed by atoms with Gasteiger partial charge in [-0.25, -0.2) is 5.43 Å². The Morgan fingerprint density at radius 1 is 0.960 bits per heavy atom. The molecule has 0 radical (unpaired) electrons. The number of aromatic nitrogens is 1. The van der Waals surface area contributed by atoms with Crippen molar-refractivity contribution in [2.75, 3.05) is 0 Å². The summed E-state index contributed by atoms with van der Waals surface area (Å²) < 4.78 is 0. The van der Waals surface area contributed by atoms with Gasteiger partial charge in [-0.3, -0.25) is 14.6 Å². The Hall–Kier alpha value is -3.54. The molecule has 0 saturated carbocycles. The number of rotatable bonds is 4. The second-order valence-electron chi connectivity index (χ2n) is 5.27. The van der Waals surface area contributed by atoms with E-state index in [0.29, 0.717) is 5.69 Å². The summed E-state index contributed by atoms with van der Waals surface area (Å²) in [5, 5.41) is 8.45. The fraction of sp³-hybridized carbons (Fsp3) is 0.0526. The highest BCUT2D eigenvalue weighted by Gasteiger charge is 2.12. The summed E-state index contributed by atoms with van der Waals surface area (Å²) >= 11 is 0. The predicted molar refractivity (Wildman–Crippen MR) is 95.8 cm³/mol. The molecule has 0 bridgehead atoms. The van der Waals surface area contributed by atoms with Crippen LogP contribution in [0.25, 0.3) is 10.8 Å². The van der Waals surface area contributed by atoms with E-state index in [1.54, 1.807) is 18.3 Å². The zero-order valence-electron chi connectivity index (χ0n) is 13.3. The first-order chi connectivity index (χ1) is 12.2. The largest absolute Gasteiger partial charge is 0.342 e. The van der Waals surface area contributed by atoms with Crippen molar-refractivity contribution in [3.8, 4) is 0 Å². The molecule has 1 heterocycles. The Balaban J connectivity index is 1.57. The number of hydrogen-bond donors (Lipinski definition) is 2. The molecule has 0 spiro atoms. The minimum Gasteiger partial charge on any atom is -0.342 e. The molecule has 2 amide bonds. The van der Waals surface area contributed by atoms with E-state index in [1.807, 2.05) is 48.5 Å². The summed E-state index contributed by atoms with van der Waals surface area (Å²) in [7, 11) is 0. The van der Waals surface area contributed by atoms with Crippen LogP contribution in [0.4, 0.5) is 0 Å². The zero-order chi connectivity index (χ0) is 17.5. The summed E-state index contributed by atoms with van der Waals surface area (Å²) in [5.41, 5.74) is 3.75. The van der Waals surface area contributed by atoms with Crippen LogP contribution in [0.1, 0.15) is 11.3 Å². The zero-order valence-corrected chi connectivity index (χ0v) is 13.3. The Morgan fingerprint density at radius 2 is 1.76 bits per heavy atom. The number of hydrogen-bond acceptors (Lipinski definition) is 4. The normalized spacial score (nSPS) is 10.7. The first kappa shape index (κ1) is 16.3. The molecular formula is C19H16N4O2. The van der Waals surface area contributed by atoms with Crippen molar-refractivity contribution in [2.24, 2.45) is 5.10 Å². The molecule has 0 fully saturated rings.